The summed E-state index contributed by atoms with van der Waals surface area (Å²) in [7, 11) is 1.54. The Morgan fingerprint density at radius 3 is 2.80 bits per heavy atom. The van der Waals surface area contributed by atoms with Crippen molar-refractivity contribution in [1.82, 2.24) is 15.0 Å². The Morgan fingerprint density at radius 1 is 1.28 bits per heavy atom. The molecule has 0 saturated carbocycles. The number of methoxy groups -OCH3 is 1. The molecular formula is C17H16ClN5O2. The molecule has 0 radical (unpaired) electrons. The van der Waals surface area contributed by atoms with E-state index in [-0.39, 0.29) is 11.5 Å². The number of halogens is 1. The average Bonchev–Trinajstić information content (AvgIpc) is 2.99. The van der Waals surface area contributed by atoms with Crippen molar-refractivity contribution in [2.24, 2.45) is 0 Å². The van der Waals surface area contributed by atoms with Crippen LogP contribution in [0, 0.1) is 6.92 Å². The number of rotatable bonds is 4. The highest BCUT2D eigenvalue weighted by atomic mass is 35.5. The molecule has 0 unspecified atom stereocenters. The number of para-hydroxylation sites is 2. The van der Waals surface area contributed by atoms with Crippen LogP contribution in [0.3, 0.4) is 0 Å². The number of nitrogens with zero attached hydrogens (tertiary/aromatic N) is 3. The fourth-order valence-electron chi connectivity index (χ4n) is 2.34. The smallest absolute Gasteiger partial charge is 0.280 e. The average molecular weight is 358 g/mol. The van der Waals surface area contributed by atoms with Crippen molar-refractivity contribution in [2.45, 2.75) is 6.92 Å². The van der Waals surface area contributed by atoms with Crippen LogP contribution >= 0.6 is 11.6 Å². The maximum absolute atomic E-state index is 12.5. The van der Waals surface area contributed by atoms with Crippen LogP contribution in [0.15, 0.2) is 42.5 Å². The van der Waals surface area contributed by atoms with Crippen LogP contribution < -0.4 is 15.8 Å². The van der Waals surface area contributed by atoms with Gasteiger partial charge in [0.25, 0.3) is 5.91 Å². The molecule has 25 heavy (non-hydrogen) atoms. The van der Waals surface area contributed by atoms with Gasteiger partial charge in [0, 0.05) is 10.7 Å². The van der Waals surface area contributed by atoms with Gasteiger partial charge in [-0.1, -0.05) is 35.0 Å². The van der Waals surface area contributed by atoms with Gasteiger partial charge in [0.1, 0.15) is 11.4 Å². The van der Waals surface area contributed by atoms with Crippen LogP contribution in [-0.4, -0.2) is 28.0 Å². The molecular weight excluding hydrogens is 342 g/mol. The number of nitrogen functional groups attached to an aromatic ring is 1. The van der Waals surface area contributed by atoms with Gasteiger partial charge in [0.15, 0.2) is 11.5 Å². The number of aromatic nitrogens is 3. The summed E-state index contributed by atoms with van der Waals surface area (Å²) in [6.45, 7) is 1.86. The van der Waals surface area contributed by atoms with E-state index < -0.39 is 5.91 Å². The molecule has 1 heterocycles. The van der Waals surface area contributed by atoms with Gasteiger partial charge in [-0.25, -0.2) is 0 Å². The van der Waals surface area contributed by atoms with Crippen LogP contribution in [0.5, 0.6) is 5.75 Å². The van der Waals surface area contributed by atoms with E-state index in [9.17, 15) is 4.79 Å². The lowest BCUT2D eigenvalue weighted by molar-refractivity contribution is 0.102. The minimum Gasteiger partial charge on any atom is -0.494 e. The molecule has 0 aliphatic rings. The number of hydrogen-bond acceptors (Lipinski definition) is 5. The third kappa shape index (κ3) is 3.27. The Bertz CT molecular complexity index is 939. The van der Waals surface area contributed by atoms with E-state index in [0.29, 0.717) is 22.1 Å². The summed E-state index contributed by atoms with van der Waals surface area (Å²) in [5.74, 6) is 0.211. The number of carbonyl (C=O) groups is 1. The number of ether oxygens (including phenoxy) is 1. The second kappa shape index (κ2) is 6.82. The van der Waals surface area contributed by atoms with Crippen molar-refractivity contribution in [2.75, 3.05) is 18.2 Å². The Morgan fingerprint density at radius 2 is 2.04 bits per heavy atom. The van der Waals surface area contributed by atoms with Crippen molar-refractivity contribution < 1.29 is 9.53 Å². The fourth-order valence-corrected chi connectivity index (χ4v) is 2.52. The van der Waals surface area contributed by atoms with E-state index in [4.69, 9.17) is 22.1 Å². The lowest BCUT2D eigenvalue weighted by Crippen LogP contribution is -2.15. The van der Waals surface area contributed by atoms with E-state index in [2.05, 4.69) is 15.6 Å². The molecule has 3 N–H and O–H groups in total. The van der Waals surface area contributed by atoms with E-state index >= 15 is 0 Å². The maximum Gasteiger partial charge on any atom is 0.280 e. The molecule has 0 fully saturated rings. The van der Waals surface area contributed by atoms with E-state index in [1.165, 1.54) is 4.68 Å². The molecule has 7 nitrogen and oxygen atoms in total. The standard InChI is InChI=1S/C17H16ClN5O2/c1-10-7-8-11(18)9-12(10)20-17(24)15-16(19)23(22-21-15)13-5-3-4-6-14(13)25-2/h3-9H,19H2,1-2H3,(H,20,24). The Kier molecular flexibility index (Phi) is 4.58. The van der Waals surface area contributed by atoms with Gasteiger partial charge in [-0.3, -0.25) is 4.79 Å². The molecule has 0 spiro atoms. The quantitative estimate of drug-likeness (QED) is 0.748. The largest absolute Gasteiger partial charge is 0.494 e. The molecule has 1 amide bonds. The van der Waals surface area contributed by atoms with Crippen LogP contribution in [0.25, 0.3) is 5.69 Å². The molecule has 0 aliphatic carbocycles. The van der Waals surface area contributed by atoms with Crippen molar-refractivity contribution in [1.29, 1.82) is 0 Å². The highest BCUT2D eigenvalue weighted by Crippen LogP contribution is 2.25. The number of anilines is 2. The SMILES string of the molecule is COc1ccccc1-n1nnc(C(=O)Nc2cc(Cl)ccc2C)c1N. The number of benzene rings is 2. The third-order valence-corrected chi connectivity index (χ3v) is 3.92. The molecule has 8 heteroatoms. The fraction of sp³-hybridized carbons (Fsp3) is 0.118. The van der Waals surface area contributed by atoms with Crippen LogP contribution in [-0.2, 0) is 0 Å². The van der Waals surface area contributed by atoms with Gasteiger partial charge in [-0.15, -0.1) is 5.10 Å². The summed E-state index contributed by atoms with van der Waals surface area (Å²) < 4.78 is 6.65. The highest BCUT2D eigenvalue weighted by molar-refractivity contribution is 6.31. The van der Waals surface area contributed by atoms with E-state index in [0.717, 1.165) is 5.56 Å². The lowest BCUT2D eigenvalue weighted by atomic mass is 10.2. The van der Waals surface area contributed by atoms with E-state index in [1.807, 2.05) is 25.1 Å². The zero-order chi connectivity index (χ0) is 18.0. The van der Waals surface area contributed by atoms with Crippen molar-refractivity contribution >= 4 is 29.0 Å². The molecule has 128 valence electrons. The number of nitrogens with two attached hydrogens (primary N) is 1. The van der Waals surface area contributed by atoms with Crippen LogP contribution in [0.4, 0.5) is 11.5 Å². The first kappa shape index (κ1) is 16.8. The molecule has 1 aromatic heterocycles. The van der Waals surface area contributed by atoms with Gasteiger partial charge < -0.3 is 15.8 Å². The summed E-state index contributed by atoms with van der Waals surface area (Å²) in [4.78, 5) is 12.5. The van der Waals surface area contributed by atoms with E-state index in [1.54, 1.807) is 31.4 Å². The first-order valence-corrected chi connectivity index (χ1v) is 7.81. The topological polar surface area (TPSA) is 95.1 Å². The first-order chi connectivity index (χ1) is 12.0. The number of amides is 1. The second-order valence-corrected chi connectivity index (χ2v) is 5.76. The maximum atomic E-state index is 12.5. The number of nitrogens with one attached hydrogen (secondary N) is 1. The minimum atomic E-state index is -0.469. The highest BCUT2D eigenvalue weighted by Gasteiger charge is 2.20. The molecule has 0 bridgehead atoms. The molecule has 3 aromatic rings. The molecule has 2 aromatic carbocycles. The zero-order valence-electron chi connectivity index (χ0n) is 13.7. The van der Waals surface area contributed by atoms with Gasteiger partial charge in [0.2, 0.25) is 0 Å². The Balaban J connectivity index is 1.93. The number of aryl methyl sites for hydroxylation is 1. The third-order valence-electron chi connectivity index (χ3n) is 3.68. The van der Waals surface area contributed by atoms with Crippen molar-refractivity contribution in [3.63, 3.8) is 0 Å². The Labute approximate surface area is 149 Å². The zero-order valence-corrected chi connectivity index (χ0v) is 14.4. The molecule has 3 rings (SSSR count). The molecule has 0 aliphatic heterocycles. The monoisotopic (exact) mass is 357 g/mol. The normalized spacial score (nSPS) is 10.5. The van der Waals surface area contributed by atoms with Crippen molar-refractivity contribution in [3.05, 3.63) is 58.7 Å². The lowest BCUT2D eigenvalue weighted by Gasteiger charge is -2.09. The number of hydrogen-bond donors (Lipinski definition) is 2. The van der Waals surface area contributed by atoms with Gasteiger partial charge in [0.05, 0.1) is 7.11 Å². The second-order valence-electron chi connectivity index (χ2n) is 5.32. The van der Waals surface area contributed by atoms with Gasteiger partial charge in [-0.2, -0.15) is 4.68 Å². The predicted octanol–water partition coefficient (Wildman–Crippen LogP) is 3.07. The summed E-state index contributed by atoms with van der Waals surface area (Å²) in [6.07, 6.45) is 0. The van der Waals surface area contributed by atoms with Gasteiger partial charge in [-0.05, 0) is 36.8 Å². The predicted molar refractivity (Wildman–Crippen MR) is 96.5 cm³/mol. The first-order valence-electron chi connectivity index (χ1n) is 7.43. The van der Waals surface area contributed by atoms with Gasteiger partial charge >= 0.3 is 0 Å². The number of carbonyl (C=O) groups excluding carboxylic acids is 1. The Hall–Kier alpha value is -3.06. The summed E-state index contributed by atoms with van der Waals surface area (Å²) in [6, 6.07) is 12.4. The summed E-state index contributed by atoms with van der Waals surface area (Å²) in [5, 5.41) is 11.1. The van der Waals surface area contributed by atoms with Crippen LogP contribution in [0.1, 0.15) is 16.1 Å². The summed E-state index contributed by atoms with van der Waals surface area (Å²) >= 11 is 5.97. The molecule has 0 atom stereocenters. The van der Waals surface area contributed by atoms with Crippen molar-refractivity contribution in [3.8, 4) is 11.4 Å². The molecule has 0 saturated heterocycles. The minimum absolute atomic E-state index is 0.0188. The summed E-state index contributed by atoms with van der Waals surface area (Å²) in [5.41, 5.74) is 8.14. The van der Waals surface area contributed by atoms with Crippen LogP contribution in [0.2, 0.25) is 5.02 Å².